The first kappa shape index (κ1) is 11.5. The van der Waals surface area contributed by atoms with Gasteiger partial charge in [-0.05, 0) is 30.3 Å². The van der Waals surface area contributed by atoms with Gasteiger partial charge in [-0.3, -0.25) is 0 Å². The Kier molecular flexibility index (Phi) is 3.35. The third-order valence-corrected chi connectivity index (χ3v) is 2.65. The summed E-state index contributed by atoms with van der Waals surface area (Å²) in [5.74, 6) is 1.32. The SMILES string of the molecule is COc1ccc(OC)c(C(O)c2ccc[nH]2)c1. The molecule has 4 heteroatoms. The summed E-state index contributed by atoms with van der Waals surface area (Å²) in [4.78, 5) is 2.98. The Morgan fingerprint density at radius 1 is 1.18 bits per heavy atom. The second kappa shape index (κ2) is 4.93. The number of hydrogen-bond acceptors (Lipinski definition) is 3. The fourth-order valence-corrected chi connectivity index (χ4v) is 1.73. The van der Waals surface area contributed by atoms with Crippen molar-refractivity contribution in [3.63, 3.8) is 0 Å². The predicted octanol–water partition coefficient (Wildman–Crippen LogP) is 2.11. The number of nitrogens with one attached hydrogen (secondary N) is 1. The first-order valence-corrected chi connectivity index (χ1v) is 5.29. The van der Waals surface area contributed by atoms with Crippen LogP contribution in [-0.4, -0.2) is 24.3 Å². The van der Waals surface area contributed by atoms with Gasteiger partial charge in [0.05, 0.1) is 14.2 Å². The molecule has 2 N–H and O–H groups in total. The number of methoxy groups -OCH3 is 2. The fourth-order valence-electron chi connectivity index (χ4n) is 1.73. The Morgan fingerprint density at radius 2 is 2.00 bits per heavy atom. The van der Waals surface area contributed by atoms with Crippen molar-refractivity contribution >= 4 is 0 Å². The fraction of sp³-hybridized carbons (Fsp3) is 0.231. The Bertz CT molecular complexity index is 479. The van der Waals surface area contributed by atoms with E-state index in [1.165, 1.54) is 0 Å². The average Bonchev–Trinajstić information content (AvgIpc) is 2.91. The molecule has 90 valence electrons. The van der Waals surface area contributed by atoms with Gasteiger partial charge in [-0.15, -0.1) is 0 Å². The lowest BCUT2D eigenvalue weighted by Crippen LogP contribution is -2.03. The molecule has 0 spiro atoms. The molecule has 0 fully saturated rings. The molecule has 2 aromatic rings. The number of rotatable bonds is 4. The van der Waals surface area contributed by atoms with Gasteiger partial charge in [0.1, 0.15) is 17.6 Å². The standard InChI is InChI=1S/C13H15NO3/c1-16-9-5-6-12(17-2)10(8-9)13(15)11-4-3-7-14-11/h3-8,13-15H,1-2H3. The summed E-state index contributed by atoms with van der Waals surface area (Å²) in [6.07, 6.45) is 1.01. The highest BCUT2D eigenvalue weighted by Gasteiger charge is 2.16. The molecule has 0 saturated carbocycles. The normalized spacial score (nSPS) is 12.2. The minimum atomic E-state index is -0.755. The lowest BCUT2D eigenvalue weighted by atomic mass is 10.1. The van der Waals surface area contributed by atoms with Crippen LogP contribution in [0, 0.1) is 0 Å². The van der Waals surface area contributed by atoms with E-state index in [0.29, 0.717) is 17.1 Å². The molecule has 2 rings (SSSR count). The Hall–Kier alpha value is -1.94. The zero-order valence-corrected chi connectivity index (χ0v) is 9.81. The molecule has 1 aromatic carbocycles. The number of H-pyrrole nitrogens is 1. The van der Waals surface area contributed by atoms with Crippen LogP contribution in [0.1, 0.15) is 17.4 Å². The molecular formula is C13H15NO3. The number of ether oxygens (including phenoxy) is 2. The van der Waals surface area contributed by atoms with Crippen LogP contribution >= 0.6 is 0 Å². The van der Waals surface area contributed by atoms with Crippen molar-refractivity contribution < 1.29 is 14.6 Å². The Morgan fingerprint density at radius 3 is 2.59 bits per heavy atom. The van der Waals surface area contributed by atoms with Gasteiger partial charge in [0.2, 0.25) is 0 Å². The van der Waals surface area contributed by atoms with Crippen LogP contribution in [0.25, 0.3) is 0 Å². The highest BCUT2D eigenvalue weighted by molar-refractivity contribution is 5.44. The van der Waals surface area contributed by atoms with Crippen molar-refractivity contribution in [2.45, 2.75) is 6.10 Å². The third-order valence-electron chi connectivity index (χ3n) is 2.65. The van der Waals surface area contributed by atoms with E-state index in [9.17, 15) is 5.11 Å². The second-order valence-electron chi connectivity index (χ2n) is 3.64. The molecule has 4 nitrogen and oxygen atoms in total. The van der Waals surface area contributed by atoms with E-state index in [0.717, 1.165) is 5.69 Å². The molecule has 1 aromatic heterocycles. The van der Waals surface area contributed by atoms with Gasteiger partial charge in [0.25, 0.3) is 0 Å². The predicted molar refractivity (Wildman–Crippen MR) is 64.4 cm³/mol. The number of benzene rings is 1. The van der Waals surface area contributed by atoms with Crippen molar-refractivity contribution in [2.75, 3.05) is 14.2 Å². The first-order valence-electron chi connectivity index (χ1n) is 5.29. The van der Waals surface area contributed by atoms with Gasteiger partial charge < -0.3 is 19.6 Å². The Balaban J connectivity index is 2.41. The number of aromatic amines is 1. The number of aromatic nitrogens is 1. The van der Waals surface area contributed by atoms with Crippen molar-refractivity contribution in [3.8, 4) is 11.5 Å². The molecule has 0 aliphatic carbocycles. The molecule has 0 amide bonds. The molecule has 1 heterocycles. The van der Waals surface area contributed by atoms with E-state index >= 15 is 0 Å². The van der Waals surface area contributed by atoms with Gasteiger partial charge in [-0.2, -0.15) is 0 Å². The number of aliphatic hydroxyl groups excluding tert-OH is 1. The monoisotopic (exact) mass is 233 g/mol. The maximum atomic E-state index is 10.2. The molecule has 0 saturated heterocycles. The van der Waals surface area contributed by atoms with Crippen LogP contribution in [0.15, 0.2) is 36.5 Å². The summed E-state index contributed by atoms with van der Waals surface area (Å²) < 4.78 is 10.4. The average molecular weight is 233 g/mol. The summed E-state index contributed by atoms with van der Waals surface area (Å²) in [6.45, 7) is 0. The molecule has 0 radical (unpaired) electrons. The van der Waals surface area contributed by atoms with Gasteiger partial charge in [0.15, 0.2) is 0 Å². The smallest absolute Gasteiger partial charge is 0.125 e. The largest absolute Gasteiger partial charge is 0.497 e. The minimum absolute atomic E-state index is 0.632. The first-order chi connectivity index (χ1) is 8.26. The highest BCUT2D eigenvalue weighted by atomic mass is 16.5. The molecule has 0 bridgehead atoms. The minimum Gasteiger partial charge on any atom is -0.497 e. The molecule has 1 atom stereocenters. The van der Waals surface area contributed by atoms with Crippen LogP contribution in [0.4, 0.5) is 0 Å². The maximum Gasteiger partial charge on any atom is 0.125 e. The topological polar surface area (TPSA) is 54.5 Å². The lowest BCUT2D eigenvalue weighted by Gasteiger charge is -2.15. The van der Waals surface area contributed by atoms with Crippen LogP contribution in [-0.2, 0) is 0 Å². The summed E-state index contributed by atoms with van der Waals surface area (Å²) in [7, 11) is 3.17. The van der Waals surface area contributed by atoms with Gasteiger partial charge in [-0.1, -0.05) is 0 Å². The van der Waals surface area contributed by atoms with E-state index in [-0.39, 0.29) is 0 Å². The van der Waals surface area contributed by atoms with Crippen molar-refractivity contribution in [3.05, 3.63) is 47.8 Å². The van der Waals surface area contributed by atoms with E-state index < -0.39 is 6.10 Å². The zero-order valence-electron chi connectivity index (χ0n) is 9.81. The zero-order chi connectivity index (χ0) is 12.3. The van der Waals surface area contributed by atoms with Crippen molar-refractivity contribution in [1.29, 1.82) is 0 Å². The second-order valence-corrected chi connectivity index (χ2v) is 3.64. The summed E-state index contributed by atoms with van der Waals surface area (Å²) >= 11 is 0. The highest BCUT2D eigenvalue weighted by Crippen LogP contribution is 2.32. The van der Waals surface area contributed by atoms with Crippen molar-refractivity contribution in [1.82, 2.24) is 4.98 Å². The van der Waals surface area contributed by atoms with Crippen LogP contribution in [0.3, 0.4) is 0 Å². The quantitative estimate of drug-likeness (QED) is 0.850. The lowest BCUT2D eigenvalue weighted by molar-refractivity contribution is 0.210. The molecule has 0 aliphatic rings. The molecule has 1 unspecified atom stereocenters. The maximum absolute atomic E-state index is 10.2. The summed E-state index contributed by atoms with van der Waals surface area (Å²) in [5, 5.41) is 10.2. The van der Waals surface area contributed by atoms with E-state index in [4.69, 9.17) is 9.47 Å². The van der Waals surface area contributed by atoms with Gasteiger partial charge in [0, 0.05) is 17.5 Å². The van der Waals surface area contributed by atoms with Gasteiger partial charge in [-0.25, -0.2) is 0 Å². The van der Waals surface area contributed by atoms with Crippen LogP contribution < -0.4 is 9.47 Å². The van der Waals surface area contributed by atoms with Crippen molar-refractivity contribution in [2.24, 2.45) is 0 Å². The van der Waals surface area contributed by atoms with Crippen LogP contribution in [0.5, 0.6) is 11.5 Å². The molecule has 17 heavy (non-hydrogen) atoms. The number of hydrogen-bond donors (Lipinski definition) is 2. The van der Waals surface area contributed by atoms with E-state index in [1.54, 1.807) is 38.6 Å². The van der Waals surface area contributed by atoms with Gasteiger partial charge >= 0.3 is 0 Å². The van der Waals surface area contributed by atoms with Crippen LogP contribution in [0.2, 0.25) is 0 Å². The summed E-state index contributed by atoms with van der Waals surface area (Å²) in [6, 6.07) is 9.00. The Labute approximate surface area is 99.8 Å². The third kappa shape index (κ3) is 2.26. The molecular weight excluding hydrogens is 218 g/mol. The summed E-state index contributed by atoms with van der Waals surface area (Å²) in [5.41, 5.74) is 1.39. The van der Waals surface area contributed by atoms with E-state index in [1.807, 2.05) is 12.1 Å². The van der Waals surface area contributed by atoms with E-state index in [2.05, 4.69) is 4.98 Å². The molecule has 0 aliphatic heterocycles. The number of aliphatic hydroxyl groups is 1.